The molecule has 0 rings (SSSR count). The fraction of sp³-hybridized carbons (Fsp3) is 0.600. The fourth-order valence-electron chi connectivity index (χ4n) is 1.10. The minimum atomic E-state index is -1.01. The molecule has 0 aromatic heterocycles. The van der Waals surface area contributed by atoms with Gasteiger partial charge in [-0.05, 0) is 20.3 Å². The maximum Gasteiger partial charge on any atom is 0.323 e. The Bertz CT molecular complexity index is 241. The number of aliphatic carboxylic acids is 1. The summed E-state index contributed by atoms with van der Waals surface area (Å²) in [4.78, 5) is 23.2. The number of carbonyl (C=O) groups is 2. The molecule has 2 amide bonds. The predicted molar refractivity (Wildman–Crippen MR) is 57.7 cm³/mol. The largest absolute Gasteiger partial charge is 0.480 e. The monoisotopic (exact) mass is 214 g/mol. The van der Waals surface area contributed by atoms with Crippen LogP contribution in [-0.2, 0) is 4.79 Å². The summed E-state index contributed by atoms with van der Waals surface area (Å²) in [6.07, 6.45) is 2.37. The SMILES string of the molecule is C=CCC(C)NC(=O)N(CC)CC(=O)O. The number of urea groups is 1. The topological polar surface area (TPSA) is 69.6 Å². The van der Waals surface area contributed by atoms with Gasteiger partial charge in [0.05, 0.1) is 0 Å². The number of rotatable bonds is 6. The lowest BCUT2D eigenvalue weighted by Crippen LogP contribution is -2.45. The lowest BCUT2D eigenvalue weighted by Gasteiger charge is -2.21. The van der Waals surface area contributed by atoms with Crippen LogP contribution in [0, 0.1) is 0 Å². The lowest BCUT2D eigenvalue weighted by molar-refractivity contribution is -0.137. The Balaban J connectivity index is 4.14. The summed E-state index contributed by atoms with van der Waals surface area (Å²) in [6, 6.07) is -0.382. The van der Waals surface area contributed by atoms with Crippen LogP contribution in [0.5, 0.6) is 0 Å². The normalized spacial score (nSPS) is 11.6. The summed E-state index contributed by atoms with van der Waals surface area (Å²) in [5.74, 6) is -1.01. The summed E-state index contributed by atoms with van der Waals surface area (Å²) in [6.45, 7) is 7.24. The summed E-state index contributed by atoms with van der Waals surface area (Å²) >= 11 is 0. The van der Waals surface area contributed by atoms with Crippen molar-refractivity contribution in [3.05, 3.63) is 12.7 Å². The first kappa shape index (κ1) is 13.5. The number of hydrogen-bond donors (Lipinski definition) is 2. The highest BCUT2D eigenvalue weighted by Crippen LogP contribution is 1.95. The van der Waals surface area contributed by atoms with E-state index in [-0.39, 0.29) is 18.6 Å². The fourth-order valence-corrected chi connectivity index (χ4v) is 1.10. The number of nitrogens with zero attached hydrogens (tertiary/aromatic N) is 1. The van der Waals surface area contributed by atoms with Crippen molar-refractivity contribution in [1.82, 2.24) is 10.2 Å². The van der Waals surface area contributed by atoms with E-state index < -0.39 is 5.97 Å². The first-order valence-electron chi connectivity index (χ1n) is 4.89. The highest BCUT2D eigenvalue weighted by Gasteiger charge is 2.15. The van der Waals surface area contributed by atoms with Crippen molar-refractivity contribution in [1.29, 1.82) is 0 Å². The van der Waals surface area contributed by atoms with E-state index in [1.807, 2.05) is 6.92 Å². The van der Waals surface area contributed by atoms with Crippen molar-refractivity contribution < 1.29 is 14.7 Å². The zero-order chi connectivity index (χ0) is 11.8. The average Bonchev–Trinajstić information content (AvgIpc) is 2.13. The van der Waals surface area contributed by atoms with Gasteiger partial charge in [0.25, 0.3) is 0 Å². The van der Waals surface area contributed by atoms with Gasteiger partial charge in [-0.25, -0.2) is 4.79 Å². The third-order valence-electron chi connectivity index (χ3n) is 1.89. The number of carbonyl (C=O) groups excluding carboxylic acids is 1. The zero-order valence-electron chi connectivity index (χ0n) is 9.19. The van der Waals surface area contributed by atoms with Crippen LogP contribution in [0.3, 0.4) is 0 Å². The van der Waals surface area contributed by atoms with Crippen molar-refractivity contribution in [2.75, 3.05) is 13.1 Å². The van der Waals surface area contributed by atoms with Gasteiger partial charge in [0.2, 0.25) is 0 Å². The van der Waals surface area contributed by atoms with E-state index in [1.54, 1.807) is 13.0 Å². The van der Waals surface area contributed by atoms with Crippen LogP contribution < -0.4 is 5.32 Å². The molecular weight excluding hydrogens is 196 g/mol. The van der Waals surface area contributed by atoms with E-state index >= 15 is 0 Å². The van der Waals surface area contributed by atoms with E-state index in [0.717, 1.165) is 0 Å². The molecule has 0 saturated heterocycles. The Kier molecular flexibility index (Phi) is 6.17. The number of carboxylic acid groups (broad SMARTS) is 1. The Hall–Kier alpha value is -1.52. The number of hydrogen-bond acceptors (Lipinski definition) is 2. The molecule has 0 aliphatic rings. The molecule has 0 aliphatic carbocycles. The molecule has 0 radical (unpaired) electrons. The first-order chi connectivity index (χ1) is 7.01. The van der Waals surface area contributed by atoms with Gasteiger partial charge >= 0.3 is 12.0 Å². The van der Waals surface area contributed by atoms with Gasteiger partial charge in [-0.2, -0.15) is 0 Å². The van der Waals surface area contributed by atoms with Crippen LogP contribution in [0.2, 0.25) is 0 Å². The van der Waals surface area contributed by atoms with E-state index in [2.05, 4.69) is 11.9 Å². The number of carboxylic acids is 1. The van der Waals surface area contributed by atoms with Gasteiger partial charge in [-0.3, -0.25) is 4.79 Å². The van der Waals surface area contributed by atoms with Gasteiger partial charge in [0.15, 0.2) is 0 Å². The molecule has 0 fully saturated rings. The van der Waals surface area contributed by atoms with Gasteiger partial charge < -0.3 is 15.3 Å². The highest BCUT2D eigenvalue weighted by atomic mass is 16.4. The van der Waals surface area contributed by atoms with Crippen molar-refractivity contribution in [3.63, 3.8) is 0 Å². The van der Waals surface area contributed by atoms with Gasteiger partial charge in [0, 0.05) is 12.6 Å². The molecule has 15 heavy (non-hydrogen) atoms. The third-order valence-corrected chi connectivity index (χ3v) is 1.89. The quantitative estimate of drug-likeness (QED) is 0.650. The molecule has 0 spiro atoms. The zero-order valence-corrected chi connectivity index (χ0v) is 9.19. The summed E-state index contributed by atoms with van der Waals surface area (Å²) in [5.41, 5.74) is 0. The molecule has 1 unspecified atom stereocenters. The van der Waals surface area contributed by atoms with E-state index in [9.17, 15) is 9.59 Å². The van der Waals surface area contributed by atoms with Crippen molar-refractivity contribution in [2.24, 2.45) is 0 Å². The van der Waals surface area contributed by atoms with Gasteiger partial charge in [0.1, 0.15) is 6.54 Å². The minimum Gasteiger partial charge on any atom is -0.480 e. The standard InChI is InChI=1S/C10H18N2O3/c1-4-6-8(3)11-10(15)12(5-2)7-9(13)14/h4,8H,1,5-7H2,2-3H3,(H,11,15)(H,13,14). The third kappa shape index (κ3) is 5.72. The maximum atomic E-state index is 11.5. The second-order valence-electron chi connectivity index (χ2n) is 3.28. The second kappa shape index (κ2) is 6.86. The molecule has 0 aromatic rings. The van der Waals surface area contributed by atoms with Gasteiger partial charge in [-0.1, -0.05) is 6.08 Å². The van der Waals surface area contributed by atoms with E-state index in [1.165, 1.54) is 4.90 Å². The van der Waals surface area contributed by atoms with E-state index in [0.29, 0.717) is 13.0 Å². The number of nitrogens with one attached hydrogen (secondary N) is 1. The Morgan fingerprint density at radius 1 is 1.60 bits per heavy atom. The first-order valence-corrected chi connectivity index (χ1v) is 4.89. The molecule has 1 atom stereocenters. The molecule has 5 heteroatoms. The van der Waals surface area contributed by atoms with Crippen LogP contribution in [0.4, 0.5) is 4.79 Å². The number of likely N-dealkylation sites (N-methyl/N-ethyl adjacent to an activating group) is 1. The summed E-state index contributed by atoms with van der Waals surface area (Å²) in [5, 5.41) is 11.3. The summed E-state index contributed by atoms with van der Waals surface area (Å²) < 4.78 is 0. The van der Waals surface area contributed by atoms with Crippen LogP contribution in [0.15, 0.2) is 12.7 Å². The Labute approximate surface area is 89.8 Å². The second-order valence-corrected chi connectivity index (χ2v) is 3.28. The summed E-state index contributed by atoms with van der Waals surface area (Å²) in [7, 11) is 0. The maximum absolute atomic E-state index is 11.5. The smallest absolute Gasteiger partial charge is 0.323 e. The molecule has 0 aromatic carbocycles. The van der Waals surface area contributed by atoms with Crippen LogP contribution in [-0.4, -0.2) is 41.1 Å². The van der Waals surface area contributed by atoms with Crippen molar-refractivity contribution >= 4 is 12.0 Å². The highest BCUT2D eigenvalue weighted by molar-refractivity contribution is 5.80. The number of amides is 2. The molecular formula is C10H18N2O3. The van der Waals surface area contributed by atoms with Crippen LogP contribution in [0.1, 0.15) is 20.3 Å². The predicted octanol–water partition coefficient (Wildman–Crippen LogP) is 1.07. The average molecular weight is 214 g/mol. The molecule has 2 N–H and O–H groups in total. The molecule has 86 valence electrons. The molecule has 0 saturated carbocycles. The van der Waals surface area contributed by atoms with Crippen molar-refractivity contribution in [3.8, 4) is 0 Å². The van der Waals surface area contributed by atoms with Gasteiger partial charge in [-0.15, -0.1) is 6.58 Å². The minimum absolute atomic E-state index is 0.0298. The molecule has 0 bridgehead atoms. The molecule has 0 aliphatic heterocycles. The van der Waals surface area contributed by atoms with E-state index in [4.69, 9.17) is 5.11 Å². The molecule has 5 nitrogen and oxygen atoms in total. The van der Waals surface area contributed by atoms with Crippen molar-refractivity contribution in [2.45, 2.75) is 26.3 Å². The molecule has 0 heterocycles. The lowest BCUT2D eigenvalue weighted by atomic mass is 10.2. The van der Waals surface area contributed by atoms with Crippen LogP contribution in [0.25, 0.3) is 0 Å². The van der Waals surface area contributed by atoms with Crippen LogP contribution >= 0.6 is 0 Å². The Morgan fingerprint density at radius 2 is 2.20 bits per heavy atom. The Morgan fingerprint density at radius 3 is 2.60 bits per heavy atom.